The maximum atomic E-state index is 11.9. The molecule has 7 heteroatoms. The van der Waals surface area contributed by atoms with Gasteiger partial charge in [0.15, 0.2) is 0 Å². The van der Waals surface area contributed by atoms with Crippen LogP contribution in [-0.2, 0) is 10.0 Å². The summed E-state index contributed by atoms with van der Waals surface area (Å²) < 4.78 is 26.3. The maximum Gasteiger partial charge on any atom is 0.216 e. The summed E-state index contributed by atoms with van der Waals surface area (Å²) in [7, 11) is -3.45. The Hall–Kier alpha value is -0.330. The van der Waals surface area contributed by atoms with Crippen LogP contribution in [0.25, 0.3) is 0 Å². The normalized spacial score (nSPS) is 15.4. The van der Waals surface area contributed by atoms with E-state index in [-0.39, 0.29) is 6.54 Å². The lowest BCUT2D eigenvalue weighted by molar-refractivity contribution is 0.555. The number of hydrogen-bond acceptors (Lipinski definition) is 3. The van der Waals surface area contributed by atoms with E-state index in [1.807, 2.05) is 0 Å². The summed E-state index contributed by atoms with van der Waals surface area (Å²) in [4.78, 5) is 0. The summed E-state index contributed by atoms with van der Waals surface area (Å²) >= 11 is 11.8. The van der Waals surface area contributed by atoms with E-state index in [1.54, 1.807) is 32.0 Å². The molecule has 2 atom stereocenters. The van der Waals surface area contributed by atoms with Crippen LogP contribution in [0.15, 0.2) is 18.2 Å². The molecule has 0 bridgehead atoms. The van der Waals surface area contributed by atoms with Gasteiger partial charge in [0.1, 0.15) is 0 Å². The Morgan fingerprint density at radius 1 is 1.33 bits per heavy atom. The van der Waals surface area contributed by atoms with Crippen LogP contribution >= 0.6 is 23.2 Å². The summed E-state index contributed by atoms with van der Waals surface area (Å²) in [6.07, 6.45) is 0. The molecule has 4 nitrogen and oxygen atoms in total. The van der Waals surface area contributed by atoms with Gasteiger partial charge >= 0.3 is 0 Å². The lowest BCUT2D eigenvalue weighted by Crippen LogP contribution is -2.38. The molecule has 1 aromatic rings. The van der Waals surface area contributed by atoms with Crippen molar-refractivity contribution in [3.8, 4) is 0 Å². The van der Waals surface area contributed by atoms with Crippen molar-refractivity contribution < 1.29 is 8.42 Å². The molecule has 18 heavy (non-hydrogen) atoms. The zero-order valence-corrected chi connectivity index (χ0v) is 12.5. The van der Waals surface area contributed by atoms with Crippen molar-refractivity contribution in [3.05, 3.63) is 33.8 Å². The van der Waals surface area contributed by atoms with Crippen molar-refractivity contribution in [1.82, 2.24) is 4.72 Å². The van der Waals surface area contributed by atoms with Gasteiger partial charge in [0.2, 0.25) is 10.0 Å². The molecule has 0 saturated carbocycles. The van der Waals surface area contributed by atoms with E-state index >= 15 is 0 Å². The van der Waals surface area contributed by atoms with Crippen LogP contribution in [0.3, 0.4) is 0 Å². The lowest BCUT2D eigenvalue weighted by Gasteiger charge is -2.18. The second-order valence-electron chi connectivity index (χ2n) is 4.10. The minimum Gasteiger partial charge on any atom is -0.329 e. The molecule has 0 radical (unpaired) electrons. The second-order valence-corrected chi connectivity index (χ2v) is 7.07. The van der Waals surface area contributed by atoms with Crippen molar-refractivity contribution in [2.24, 2.45) is 5.73 Å². The standard InChI is InChI=1S/C11H16Cl2N2O2S/c1-7(6-14)18(16,17)15-8(2)10-4-3-9(12)5-11(10)13/h3-5,7-8,15H,6,14H2,1-2H3. The molecule has 1 aromatic carbocycles. The number of rotatable bonds is 5. The molecule has 0 fully saturated rings. The van der Waals surface area contributed by atoms with Gasteiger partial charge in [0, 0.05) is 22.6 Å². The van der Waals surface area contributed by atoms with E-state index in [2.05, 4.69) is 4.72 Å². The van der Waals surface area contributed by atoms with Crippen molar-refractivity contribution in [1.29, 1.82) is 0 Å². The highest BCUT2D eigenvalue weighted by Crippen LogP contribution is 2.26. The van der Waals surface area contributed by atoms with Gasteiger partial charge in [-0.25, -0.2) is 13.1 Å². The van der Waals surface area contributed by atoms with E-state index in [4.69, 9.17) is 28.9 Å². The molecule has 0 amide bonds. The fourth-order valence-electron chi connectivity index (χ4n) is 1.41. The first-order chi connectivity index (χ1) is 8.27. The fraction of sp³-hybridized carbons (Fsp3) is 0.455. The van der Waals surface area contributed by atoms with Crippen molar-refractivity contribution in [3.63, 3.8) is 0 Å². The molecule has 0 aliphatic carbocycles. The van der Waals surface area contributed by atoms with Gasteiger partial charge < -0.3 is 5.73 Å². The zero-order valence-electron chi connectivity index (χ0n) is 10.2. The monoisotopic (exact) mass is 310 g/mol. The number of sulfonamides is 1. The van der Waals surface area contributed by atoms with Crippen LogP contribution in [0.1, 0.15) is 25.5 Å². The molecule has 102 valence electrons. The molecule has 3 N–H and O–H groups in total. The molecule has 0 aliphatic rings. The van der Waals surface area contributed by atoms with Crippen LogP contribution in [0.4, 0.5) is 0 Å². The van der Waals surface area contributed by atoms with Gasteiger partial charge in [-0.2, -0.15) is 0 Å². The van der Waals surface area contributed by atoms with E-state index in [9.17, 15) is 8.42 Å². The molecule has 0 saturated heterocycles. The first-order valence-corrected chi connectivity index (χ1v) is 7.74. The predicted octanol–water partition coefficient (Wildman–Crippen LogP) is 2.32. The molecule has 1 rings (SSSR count). The highest BCUT2D eigenvalue weighted by Gasteiger charge is 2.23. The minimum atomic E-state index is -3.45. The summed E-state index contributed by atoms with van der Waals surface area (Å²) in [5.74, 6) is 0. The molecule has 0 aliphatic heterocycles. The first-order valence-electron chi connectivity index (χ1n) is 5.44. The SMILES string of the molecule is CC(NS(=O)(=O)C(C)CN)c1ccc(Cl)cc1Cl. The number of nitrogens with two attached hydrogens (primary N) is 1. The Kier molecular flexibility index (Phi) is 5.43. The molecular weight excluding hydrogens is 295 g/mol. The van der Waals surface area contributed by atoms with E-state index in [1.165, 1.54) is 0 Å². The summed E-state index contributed by atoms with van der Waals surface area (Å²) in [6.45, 7) is 3.34. The third-order valence-electron chi connectivity index (χ3n) is 2.63. The quantitative estimate of drug-likeness (QED) is 0.876. The van der Waals surface area contributed by atoms with E-state index in [0.717, 1.165) is 0 Å². The Balaban J connectivity index is 2.92. The molecule has 2 unspecified atom stereocenters. The topological polar surface area (TPSA) is 72.2 Å². The number of halogens is 2. The van der Waals surface area contributed by atoms with Crippen LogP contribution in [0, 0.1) is 0 Å². The molecule has 0 aromatic heterocycles. The van der Waals surface area contributed by atoms with Crippen molar-refractivity contribution >= 4 is 33.2 Å². The lowest BCUT2D eigenvalue weighted by atomic mass is 10.1. The maximum absolute atomic E-state index is 11.9. The summed E-state index contributed by atoms with van der Waals surface area (Å²) in [6, 6.07) is 4.51. The van der Waals surface area contributed by atoms with Gasteiger partial charge in [-0.05, 0) is 31.5 Å². The van der Waals surface area contributed by atoms with Gasteiger partial charge in [0.25, 0.3) is 0 Å². The average Bonchev–Trinajstić information content (AvgIpc) is 2.26. The zero-order chi connectivity index (χ0) is 13.9. The molecular formula is C11H16Cl2N2O2S. The van der Waals surface area contributed by atoms with Gasteiger partial charge in [0.05, 0.1) is 5.25 Å². The minimum absolute atomic E-state index is 0.0659. The summed E-state index contributed by atoms with van der Waals surface area (Å²) in [5, 5.41) is 0.290. The Morgan fingerprint density at radius 3 is 2.44 bits per heavy atom. The average molecular weight is 311 g/mol. The number of nitrogens with one attached hydrogen (secondary N) is 1. The Labute approximate surface area is 118 Å². The Bertz CT molecular complexity index is 520. The van der Waals surface area contributed by atoms with Crippen molar-refractivity contribution in [2.45, 2.75) is 25.1 Å². The first kappa shape index (κ1) is 15.7. The van der Waals surface area contributed by atoms with Gasteiger partial charge in [-0.15, -0.1) is 0 Å². The smallest absolute Gasteiger partial charge is 0.216 e. The third kappa shape index (κ3) is 3.83. The molecule has 0 heterocycles. The number of benzene rings is 1. The number of hydrogen-bond donors (Lipinski definition) is 2. The highest BCUT2D eigenvalue weighted by atomic mass is 35.5. The van der Waals surface area contributed by atoms with Crippen LogP contribution in [0.2, 0.25) is 10.0 Å². The highest BCUT2D eigenvalue weighted by molar-refractivity contribution is 7.90. The second kappa shape index (κ2) is 6.21. The largest absolute Gasteiger partial charge is 0.329 e. The Morgan fingerprint density at radius 2 is 1.94 bits per heavy atom. The fourth-order valence-corrected chi connectivity index (χ4v) is 3.08. The van der Waals surface area contributed by atoms with Crippen LogP contribution < -0.4 is 10.5 Å². The third-order valence-corrected chi connectivity index (χ3v) is 5.13. The van der Waals surface area contributed by atoms with Crippen LogP contribution in [0.5, 0.6) is 0 Å². The van der Waals surface area contributed by atoms with E-state index < -0.39 is 21.3 Å². The van der Waals surface area contributed by atoms with Crippen molar-refractivity contribution in [2.75, 3.05) is 6.54 Å². The van der Waals surface area contributed by atoms with E-state index in [0.29, 0.717) is 15.6 Å². The molecule has 0 spiro atoms. The van der Waals surface area contributed by atoms with Gasteiger partial charge in [-0.3, -0.25) is 0 Å². The summed E-state index contributed by atoms with van der Waals surface area (Å²) in [5.41, 5.74) is 6.03. The van der Waals surface area contributed by atoms with Crippen LogP contribution in [-0.4, -0.2) is 20.2 Å². The van der Waals surface area contributed by atoms with Gasteiger partial charge in [-0.1, -0.05) is 29.3 Å². The predicted molar refractivity (Wildman–Crippen MR) is 75.4 cm³/mol.